The molecule has 0 radical (unpaired) electrons. The fraction of sp³-hybridized carbons (Fsp3) is 0.312. The van der Waals surface area contributed by atoms with Crippen molar-refractivity contribution >= 4 is 5.97 Å². The predicted molar refractivity (Wildman–Crippen MR) is 79.1 cm³/mol. The number of aromatic nitrogens is 2. The molecule has 1 N–H and O–H groups in total. The number of hydrogen-bond acceptors (Lipinski definition) is 4. The van der Waals surface area contributed by atoms with Crippen molar-refractivity contribution in [3.05, 3.63) is 46.8 Å². The van der Waals surface area contributed by atoms with Gasteiger partial charge in [-0.2, -0.15) is 4.98 Å². The molecule has 110 valence electrons. The minimum Gasteiger partial charge on any atom is -0.478 e. The number of ether oxygens (including phenoxy) is 1. The molecular weight excluding hydrogens is 268 g/mol. The highest BCUT2D eigenvalue weighted by atomic mass is 16.5. The molecule has 0 aliphatic rings. The Kier molecular flexibility index (Phi) is 4.21. The van der Waals surface area contributed by atoms with E-state index in [1.54, 1.807) is 6.92 Å². The molecule has 0 saturated heterocycles. The quantitative estimate of drug-likeness (QED) is 0.927. The zero-order valence-electron chi connectivity index (χ0n) is 12.5. The number of rotatable bonds is 4. The van der Waals surface area contributed by atoms with Gasteiger partial charge in [-0.1, -0.05) is 19.9 Å². The van der Waals surface area contributed by atoms with Gasteiger partial charge in [0, 0.05) is 6.20 Å². The van der Waals surface area contributed by atoms with Crippen molar-refractivity contribution in [3.63, 3.8) is 0 Å². The van der Waals surface area contributed by atoms with Gasteiger partial charge in [0.1, 0.15) is 5.75 Å². The Morgan fingerprint density at radius 3 is 2.52 bits per heavy atom. The predicted octanol–water partition coefficient (Wildman–Crippen LogP) is 3.71. The van der Waals surface area contributed by atoms with E-state index in [1.165, 1.54) is 11.8 Å². The largest absolute Gasteiger partial charge is 0.478 e. The fourth-order valence-corrected chi connectivity index (χ4v) is 2.17. The minimum absolute atomic E-state index is 0.0775. The van der Waals surface area contributed by atoms with E-state index in [0.29, 0.717) is 17.4 Å². The van der Waals surface area contributed by atoms with E-state index in [9.17, 15) is 4.79 Å². The van der Waals surface area contributed by atoms with Crippen molar-refractivity contribution in [2.24, 2.45) is 0 Å². The Morgan fingerprint density at radius 1 is 1.29 bits per heavy atom. The van der Waals surface area contributed by atoms with Crippen molar-refractivity contribution in [2.45, 2.75) is 33.6 Å². The van der Waals surface area contributed by atoms with Gasteiger partial charge in [0.25, 0.3) is 0 Å². The van der Waals surface area contributed by atoms with Gasteiger partial charge in [-0.05, 0) is 43.0 Å². The molecule has 2 aromatic rings. The van der Waals surface area contributed by atoms with E-state index >= 15 is 0 Å². The van der Waals surface area contributed by atoms with E-state index in [-0.39, 0.29) is 11.6 Å². The molecule has 21 heavy (non-hydrogen) atoms. The lowest BCUT2D eigenvalue weighted by Crippen LogP contribution is -2.04. The Balaban J connectivity index is 2.24. The van der Waals surface area contributed by atoms with Crippen molar-refractivity contribution < 1.29 is 14.6 Å². The van der Waals surface area contributed by atoms with Crippen molar-refractivity contribution in [1.29, 1.82) is 0 Å². The molecule has 5 heteroatoms. The molecule has 0 aliphatic heterocycles. The van der Waals surface area contributed by atoms with Gasteiger partial charge in [-0.15, -0.1) is 0 Å². The van der Waals surface area contributed by atoms with E-state index in [0.717, 1.165) is 5.56 Å². The second kappa shape index (κ2) is 5.91. The summed E-state index contributed by atoms with van der Waals surface area (Å²) in [7, 11) is 0. The monoisotopic (exact) mass is 286 g/mol. The molecule has 0 spiro atoms. The van der Waals surface area contributed by atoms with Gasteiger partial charge in [0.05, 0.1) is 11.3 Å². The van der Waals surface area contributed by atoms with E-state index in [1.807, 2.05) is 25.1 Å². The Bertz CT molecular complexity index is 681. The maximum atomic E-state index is 10.9. The molecule has 2 rings (SSSR count). The van der Waals surface area contributed by atoms with Crippen LogP contribution in [0.2, 0.25) is 0 Å². The summed E-state index contributed by atoms with van der Waals surface area (Å²) in [5, 5.41) is 8.94. The summed E-state index contributed by atoms with van der Waals surface area (Å²) in [6.07, 6.45) is 1.26. The van der Waals surface area contributed by atoms with Crippen LogP contribution in [0.5, 0.6) is 11.8 Å². The molecule has 1 aromatic heterocycles. The minimum atomic E-state index is -1.05. The van der Waals surface area contributed by atoms with E-state index in [2.05, 4.69) is 23.8 Å². The summed E-state index contributed by atoms with van der Waals surface area (Å²) >= 11 is 0. The second-order valence-corrected chi connectivity index (χ2v) is 5.23. The summed E-state index contributed by atoms with van der Waals surface area (Å²) in [6, 6.07) is 5.97. The van der Waals surface area contributed by atoms with E-state index < -0.39 is 5.97 Å². The average molecular weight is 286 g/mol. The molecule has 5 nitrogen and oxygen atoms in total. The Labute approximate surface area is 123 Å². The summed E-state index contributed by atoms with van der Waals surface area (Å²) in [6.45, 7) is 7.92. The van der Waals surface area contributed by atoms with Gasteiger partial charge in [0.2, 0.25) is 0 Å². The number of carbonyl (C=O) groups is 1. The highest BCUT2D eigenvalue weighted by Crippen LogP contribution is 2.25. The van der Waals surface area contributed by atoms with Crippen LogP contribution in [0, 0.1) is 13.8 Å². The molecule has 0 atom stereocenters. The third-order valence-corrected chi connectivity index (χ3v) is 3.26. The highest BCUT2D eigenvalue weighted by molar-refractivity contribution is 5.88. The van der Waals surface area contributed by atoms with Crippen molar-refractivity contribution in [2.75, 3.05) is 0 Å². The Morgan fingerprint density at radius 2 is 2.00 bits per heavy atom. The van der Waals surface area contributed by atoms with Crippen LogP contribution in [-0.2, 0) is 0 Å². The summed E-state index contributed by atoms with van der Waals surface area (Å²) in [5.41, 5.74) is 2.86. The van der Waals surface area contributed by atoms with Gasteiger partial charge in [-0.3, -0.25) is 0 Å². The van der Waals surface area contributed by atoms with Gasteiger partial charge in [0.15, 0.2) is 0 Å². The average Bonchev–Trinajstić information content (AvgIpc) is 2.37. The highest BCUT2D eigenvalue weighted by Gasteiger charge is 2.11. The number of aryl methyl sites for hydroxylation is 2. The number of aromatic carboxylic acids is 1. The van der Waals surface area contributed by atoms with Crippen molar-refractivity contribution in [1.82, 2.24) is 9.97 Å². The van der Waals surface area contributed by atoms with Gasteiger partial charge < -0.3 is 9.84 Å². The van der Waals surface area contributed by atoms with E-state index in [4.69, 9.17) is 9.84 Å². The van der Waals surface area contributed by atoms with Crippen LogP contribution in [0.4, 0.5) is 0 Å². The number of nitrogens with zero attached hydrogens (tertiary/aromatic N) is 2. The Hall–Kier alpha value is -2.43. The zero-order valence-corrected chi connectivity index (χ0v) is 12.5. The molecule has 1 heterocycles. The lowest BCUT2D eigenvalue weighted by Gasteiger charge is -2.11. The van der Waals surface area contributed by atoms with Gasteiger partial charge in [-0.25, -0.2) is 9.78 Å². The number of benzene rings is 1. The molecule has 0 aliphatic carbocycles. The van der Waals surface area contributed by atoms with Crippen LogP contribution in [0.3, 0.4) is 0 Å². The molecular formula is C16H18N2O3. The zero-order chi connectivity index (χ0) is 15.6. The third-order valence-electron chi connectivity index (χ3n) is 3.26. The van der Waals surface area contributed by atoms with Gasteiger partial charge >= 0.3 is 12.0 Å². The first-order chi connectivity index (χ1) is 9.88. The topological polar surface area (TPSA) is 72.3 Å². The summed E-state index contributed by atoms with van der Waals surface area (Å²) in [4.78, 5) is 18.9. The summed E-state index contributed by atoms with van der Waals surface area (Å²) in [5.74, 6) is 0.0444. The first-order valence-electron chi connectivity index (χ1n) is 6.74. The lowest BCUT2D eigenvalue weighted by atomic mass is 9.98. The summed E-state index contributed by atoms with van der Waals surface area (Å²) < 4.78 is 5.59. The van der Waals surface area contributed by atoms with Crippen LogP contribution in [0.25, 0.3) is 0 Å². The third kappa shape index (κ3) is 3.37. The molecule has 0 amide bonds. The van der Waals surface area contributed by atoms with Crippen LogP contribution >= 0.6 is 0 Å². The van der Waals surface area contributed by atoms with Crippen molar-refractivity contribution in [3.8, 4) is 11.8 Å². The molecule has 0 unspecified atom stereocenters. The molecule has 0 bridgehead atoms. The lowest BCUT2D eigenvalue weighted by molar-refractivity contribution is 0.0695. The molecule has 0 saturated carbocycles. The van der Waals surface area contributed by atoms with Crippen LogP contribution in [0.15, 0.2) is 24.4 Å². The first kappa shape index (κ1) is 15.0. The van der Waals surface area contributed by atoms with Crippen LogP contribution in [-0.4, -0.2) is 21.0 Å². The second-order valence-electron chi connectivity index (χ2n) is 5.23. The maximum absolute atomic E-state index is 10.9. The SMILES string of the molecule is Cc1cc(Oc2ncc(C(=O)O)c(C)n2)ccc1C(C)C. The van der Waals surface area contributed by atoms with Crippen LogP contribution < -0.4 is 4.74 Å². The normalized spacial score (nSPS) is 10.7. The number of hydrogen-bond donors (Lipinski definition) is 1. The standard InChI is InChI=1S/C16H18N2O3/c1-9(2)13-6-5-12(7-10(13)3)21-16-17-8-14(15(19)20)11(4)18-16/h5-9H,1-4H3,(H,19,20). The first-order valence-corrected chi connectivity index (χ1v) is 6.74. The number of carboxylic acids is 1. The maximum Gasteiger partial charge on any atom is 0.339 e. The molecule has 1 aromatic carbocycles. The van der Waals surface area contributed by atoms with Crippen LogP contribution in [0.1, 0.15) is 46.9 Å². The number of carboxylic acid groups (broad SMARTS) is 1. The molecule has 0 fully saturated rings. The fourth-order valence-electron chi connectivity index (χ4n) is 2.17. The smallest absolute Gasteiger partial charge is 0.339 e.